The summed E-state index contributed by atoms with van der Waals surface area (Å²) in [5.41, 5.74) is 3.08. The summed E-state index contributed by atoms with van der Waals surface area (Å²) < 4.78 is 15.6. The maximum Gasteiger partial charge on any atom is 0.335 e. The van der Waals surface area contributed by atoms with Crippen molar-refractivity contribution in [2.24, 2.45) is 17.8 Å². The molecule has 3 aliphatic rings. The molecular formula is C28H23Cl2N5O4S. The average molecular weight is 596 g/mol. The Bertz CT molecular complexity index is 1630. The Morgan fingerprint density at radius 2 is 1.93 bits per heavy atom. The van der Waals surface area contributed by atoms with Gasteiger partial charge in [0, 0.05) is 48.1 Å². The van der Waals surface area contributed by atoms with Crippen LogP contribution in [-0.4, -0.2) is 50.8 Å². The van der Waals surface area contributed by atoms with Crippen LogP contribution in [0, 0.1) is 17.8 Å². The van der Waals surface area contributed by atoms with Crippen molar-refractivity contribution in [1.29, 1.82) is 0 Å². The molecule has 0 bridgehead atoms. The van der Waals surface area contributed by atoms with Crippen LogP contribution < -0.4 is 9.64 Å². The van der Waals surface area contributed by atoms with Gasteiger partial charge in [-0.3, -0.25) is 4.98 Å². The highest BCUT2D eigenvalue weighted by Gasteiger charge is 2.55. The molecule has 204 valence electrons. The number of allylic oxidation sites excluding steroid dienone is 1. The summed E-state index contributed by atoms with van der Waals surface area (Å²) >= 11 is 14.1. The molecule has 2 saturated carbocycles. The van der Waals surface area contributed by atoms with Gasteiger partial charge in [0.1, 0.15) is 22.2 Å². The van der Waals surface area contributed by atoms with Crippen LogP contribution in [0.2, 0.25) is 10.0 Å². The minimum absolute atomic E-state index is 0.150. The van der Waals surface area contributed by atoms with Crippen molar-refractivity contribution in [2.75, 3.05) is 25.1 Å². The average Bonchev–Trinajstić information content (AvgIpc) is 3.68. The lowest BCUT2D eigenvalue weighted by molar-refractivity contribution is 0.0696. The standard InChI is InChI=1S/C28H23Cl2N5O4S/c1-38-16-7-14(6-15(8-16)27(36)37)26-32-28(34-40-26)35-11-19-17(20(19)12-35)4-5-18-24(33-39-25(18)13-2-3-13)23-21(29)9-31-10-22(23)30/h4-10,13,17,19-20H,2-3,11-12H2,1H3,(H,36,37)/b5-4+. The molecule has 0 spiro atoms. The Hall–Kier alpha value is -3.47. The minimum atomic E-state index is -1.02. The number of ether oxygens (including phenoxy) is 1. The molecule has 0 amide bonds. The van der Waals surface area contributed by atoms with Gasteiger partial charge in [-0.25, -0.2) is 4.79 Å². The number of carboxylic acid groups (broad SMARTS) is 1. The second-order valence-electron chi connectivity index (χ2n) is 10.4. The van der Waals surface area contributed by atoms with Gasteiger partial charge in [0.05, 0.1) is 22.7 Å². The van der Waals surface area contributed by atoms with Crippen LogP contribution in [0.5, 0.6) is 5.75 Å². The number of aromatic nitrogens is 4. The summed E-state index contributed by atoms with van der Waals surface area (Å²) in [6.07, 6.45) is 9.71. The lowest BCUT2D eigenvalue weighted by atomic mass is 10.0. The minimum Gasteiger partial charge on any atom is -0.497 e. The van der Waals surface area contributed by atoms with Gasteiger partial charge in [0.25, 0.3) is 0 Å². The number of methoxy groups -OCH3 is 1. The van der Waals surface area contributed by atoms with Crippen molar-refractivity contribution in [3.63, 3.8) is 0 Å². The van der Waals surface area contributed by atoms with Crippen molar-refractivity contribution in [3.8, 4) is 27.6 Å². The van der Waals surface area contributed by atoms with Gasteiger partial charge in [-0.05, 0) is 60.3 Å². The zero-order valence-electron chi connectivity index (χ0n) is 21.3. The van der Waals surface area contributed by atoms with E-state index < -0.39 is 5.97 Å². The number of carbonyl (C=O) groups is 1. The Morgan fingerprint density at radius 1 is 1.18 bits per heavy atom. The van der Waals surface area contributed by atoms with E-state index in [1.54, 1.807) is 24.5 Å². The quantitative estimate of drug-likeness (QED) is 0.242. The van der Waals surface area contributed by atoms with E-state index in [0.717, 1.165) is 37.3 Å². The molecule has 3 fully saturated rings. The predicted molar refractivity (Wildman–Crippen MR) is 152 cm³/mol. The number of aromatic carboxylic acids is 1. The molecule has 0 radical (unpaired) electrons. The van der Waals surface area contributed by atoms with Gasteiger partial charge in [0.15, 0.2) is 0 Å². The van der Waals surface area contributed by atoms with Gasteiger partial charge in [-0.1, -0.05) is 40.5 Å². The number of piperidine rings is 1. The van der Waals surface area contributed by atoms with E-state index >= 15 is 0 Å². The third-order valence-electron chi connectivity index (χ3n) is 7.87. The first-order valence-corrected chi connectivity index (χ1v) is 14.4. The van der Waals surface area contributed by atoms with Crippen molar-refractivity contribution >= 4 is 52.7 Å². The molecule has 3 aromatic heterocycles. The maximum atomic E-state index is 11.5. The van der Waals surface area contributed by atoms with Crippen LogP contribution in [0.4, 0.5) is 5.95 Å². The first kappa shape index (κ1) is 25.5. The number of pyridine rings is 1. The molecule has 12 heteroatoms. The monoisotopic (exact) mass is 595 g/mol. The number of hydrogen-bond donors (Lipinski definition) is 1. The number of halogens is 2. The zero-order valence-corrected chi connectivity index (χ0v) is 23.6. The smallest absolute Gasteiger partial charge is 0.335 e. The van der Waals surface area contributed by atoms with Gasteiger partial charge in [-0.2, -0.15) is 9.36 Å². The summed E-state index contributed by atoms with van der Waals surface area (Å²) in [7, 11) is 1.51. The third-order valence-corrected chi connectivity index (χ3v) is 9.20. The van der Waals surface area contributed by atoms with Crippen molar-refractivity contribution < 1.29 is 19.2 Å². The molecular weight excluding hydrogens is 573 g/mol. The van der Waals surface area contributed by atoms with Crippen LogP contribution in [-0.2, 0) is 0 Å². The number of benzene rings is 1. The molecule has 2 aliphatic carbocycles. The highest BCUT2D eigenvalue weighted by Crippen LogP contribution is 2.54. The molecule has 1 saturated heterocycles. The molecule has 1 N–H and O–H groups in total. The number of rotatable bonds is 8. The fraction of sp³-hybridized carbons (Fsp3) is 0.321. The summed E-state index contributed by atoms with van der Waals surface area (Å²) in [5, 5.41) is 15.3. The maximum absolute atomic E-state index is 11.5. The number of nitrogens with zero attached hydrogens (tertiary/aromatic N) is 5. The van der Waals surface area contributed by atoms with E-state index in [0.29, 0.717) is 67.2 Å². The largest absolute Gasteiger partial charge is 0.497 e. The zero-order chi connectivity index (χ0) is 27.5. The molecule has 4 aromatic rings. The van der Waals surface area contributed by atoms with Gasteiger partial charge < -0.3 is 19.3 Å². The lowest BCUT2D eigenvalue weighted by Crippen LogP contribution is -2.24. The summed E-state index contributed by atoms with van der Waals surface area (Å²) in [6, 6.07) is 4.87. The molecule has 2 atom stereocenters. The first-order chi connectivity index (χ1) is 19.4. The topological polar surface area (TPSA) is 114 Å². The van der Waals surface area contributed by atoms with E-state index in [4.69, 9.17) is 37.4 Å². The Morgan fingerprint density at radius 3 is 2.60 bits per heavy atom. The van der Waals surface area contributed by atoms with E-state index in [-0.39, 0.29) is 5.56 Å². The number of carboxylic acids is 1. The van der Waals surface area contributed by atoms with Gasteiger partial charge >= 0.3 is 5.97 Å². The van der Waals surface area contributed by atoms with E-state index in [9.17, 15) is 9.90 Å². The van der Waals surface area contributed by atoms with Crippen molar-refractivity contribution in [3.05, 3.63) is 63.6 Å². The summed E-state index contributed by atoms with van der Waals surface area (Å²) in [6.45, 7) is 1.73. The van der Waals surface area contributed by atoms with Crippen LogP contribution in [0.1, 0.15) is 40.4 Å². The van der Waals surface area contributed by atoms with E-state index in [2.05, 4.69) is 31.6 Å². The molecule has 2 unspecified atom stereocenters. The second-order valence-corrected chi connectivity index (χ2v) is 12.0. The highest BCUT2D eigenvalue weighted by molar-refractivity contribution is 7.09. The first-order valence-electron chi connectivity index (χ1n) is 12.9. The summed E-state index contributed by atoms with van der Waals surface area (Å²) in [5.74, 6) is 2.88. The fourth-order valence-corrected chi connectivity index (χ4v) is 6.80. The van der Waals surface area contributed by atoms with E-state index in [1.165, 1.54) is 24.7 Å². The van der Waals surface area contributed by atoms with E-state index in [1.807, 2.05) is 0 Å². The normalized spacial score (nSPS) is 21.7. The molecule has 1 aliphatic heterocycles. The molecule has 4 heterocycles. The summed E-state index contributed by atoms with van der Waals surface area (Å²) in [4.78, 5) is 22.5. The SMILES string of the molecule is COc1cc(C(=O)O)cc(-c2nc(N3CC4C(/C=C/c5c(-c6c(Cl)cncc6Cl)noc5C5CC5)C4C3)ns2)c1. The van der Waals surface area contributed by atoms with Gasteiger partial charge in [-0.15, -0.1) is 0 Å². The van der Waals surface area contributed by atoms with Gasteiger partial charge in [0.2, 0.25) is 5.95 Å². The fourth-order valence-electron chi connectivity index (χ4n) is 5.58. The van der Waals surface area contributed by atoms with Crippen LogP contribution in [0.25, 0.3) is 27.9 Å². The second kappa shape index (κ2) is 9.87. The molecule has 40 heavy (non-hydrogen) atoms. The Kier molecular flexibility index (Phi) is 6.29. The van der Waals surface area contributed by atoms with Crippen LogP contribution >= 0.6 is 34.7 Å². The van der Waals surface area contributed by atoms with Crippen molar-refractivity contribution in [2.45, 2.75) is 18.8 Å². The Labute approximate surface area is 243 Å². The third kappa shape index (κ3) is 4.53. The molecule has 1 aromatic carbocycles. The number of anilines is 1. The van der Waals surface area contributed by atoms with Crippen LogP contribution in [0.3, 0.4) is 0 Å². The molecule has 7 rings (SSSR count). The van der Waals surface area contributed by atoms with Crippen LogP contribution in [0.15, 0.2) is 41.2 Å². The highest BCUT2D eigenvalue weighted by atomic mass is 35.5. The number of hydrogen-bond acceptors (Lipinski definition) is 9. The Balaban J connectivity index is 1.07. The predicted octanol–water partition coefficient (Wildman–Crippen LogP) is 6.54. The molecule has 9 nitrogen and oxygen atoms in total. The van der Waals surface area contributed by atoms with Crippen molar-refractivity contribution in [1.82, 2.24) is 19.5 Å². The number of fused-ring (bicyclic) bond motifs is 1. The lowest BCUT2D eigenvalue weighted by Gasteiger charge is -2.16.